The van der Waals surface area contributed by atoms with Crippen molar-refractivity contribution in [2.75, 3.05) is 0 Å². The standard InChI is InChI=1S/C24H46N2O6/c1-4-6-7-8-9-10-11-12-13-14-15-17-20(29)25-22(19(28)16-5-2)23(30)26-21(18(3)27)24(31)32/h18-19,21-22,27-28H,4-17H2,1-3H3,(H,25,29)(H,26,30)(H,31,32). The summed E-state index contributed by atoms with van der Waals surface area (Å²) in [6, 6.07) is -2.77. The normalized spacial score (nSPS) is 14.9. The van der Waals surface area contributed by atoms with Crippen LogP contribution in [-0.4, -0.2) is 57.4 Å². The van der Waals surface area contributed by atoms with Crippen LogP contribution in [0.4, 0.5) is 0 Å². The third-order valence-electron chi connectivity index (χ3n) is 5.62. The van der Waals surface area contributed by atoms with Crippen molar-refractivity contribution in [1.82, 2.24) is 10.6 Å². The van der Waals surface area contributed by atoms with Gasteiger partial charge in [-0.3, -0.25) is 9.59 Å². The molecule has 0 radical (unpaired) electrons. The summed E-state index contributed by atoms with van der Waals surface area (Å²) >= 11 is 0. The average Bonchev–Trinajstić information content (AvgIpc) is 2.73. The van der Waals surface area contributed by atoms with E-state index in [1.54, 1.807) is 0 Å². The number of amides is 2. The Morgan fingerprint density at radius 1 is 0.719 bits per heavy atom. The van der Waals surface area contributed by atoms with E-state index in [1.165, 1.54) is 51.9 Å². The maximum Gasteiger partial charge on any atom is 0.328 e. The Morgan fingerprint density at radius 2 is 1.22 bits per heavy atom. The molecule has 0 aliphatic rings. The van der Waals surface area contributed by atoms with Crippen LogP contribution in [0.1, 0.15) is 111 Å². The SMILES string of the molecule is CCCCCCCCCCCCCC(=O)NC(C(=O)NC(C(=O)O)C(C)O)C(O)CCC. The number of hydrogen-bond donors (Lipinski definition) is 5. The molecule has 8 nitrogen and oxygen atoms in total. The number of carbonyl (C=O) groups is 3. The average molecular weight is 459 g/mol. The van der Waals surface area contributed by atoms with Gasteiger partial charge >= 0.3 is 5.97 Å². The zero-order valence-corrected chi connectivity index (χ0v) is 20.3. The molecule has 0 rings (SSSR count). The zero-order valence-electron chi connectivity index (χ0n) is 20.3. The number of unbranched alkanes of at least 4 members (excludes halogenated alkanes) is 10. The van der Waals surface area contributed by atoms with Crippen LogP contribution in [-0.2, 0) is 14.4 Å². The van der Waals surface area contributed by atoms with E-state index in [2.05, 4.69) is 17.6 Å². The Labute approximate surface area is 193 Å². The summed E-state index contributed by atoms with van der Waals surface area (Å²) in [4.78, 5) is 36.0. The molecule has 32 heavy (non-hydrogen) atoms. The third-order valence-corrected chi connectivity index (χ3v) is 5.62. The molecule has 2 amide bonds. The van der Waals surface area contributed by atoms with E-state index in [4.69, 9.17) is 5.11 Å². The molecule has 0 spiro atoms. The molecule has 0 bridgehead atoms. The van der Waals surface area contributed by atoms with Gasteiger partial charge in [0.1, 0.15) is 6.04 Å². The van der Waals surface area contributed by atoms with Crippen LogP contribution in [0.15, 0.2) is 0 Å². The van der Waals surface area contributed by atoms with E-state index in [-0.39, 0.29) is 18.7 Å². The molecule has 0 aromatic rings. The molecule has 0 saturated heterocycles. The monoisotopic (exact) mass is 458 g/mol. The van der Waals surface area contributed by atoms with Gasteiger partial charge in [0.15, 0.2) is 6.04 Å². The molecule has 4 atom stereocenters. The smallest absolute Gasteiger partial charge is 0.328 e. The van der Waals surface area contributed by atoms with Crippen LogP contribution in [0, 0.1) is 0 Å². The van der Waals surface area contributed by atoms with E-state index < -0.39 is 36.2 Å². The lowest BCUT2D eigenvalue weighted by molar-refractivity contribution is -0.145. The second-order valence-electron chi connectivity index (χ2n) is 8.75. The highest BCUT2D eigenvalue weighted by molar-refractivity contribution is 5.91. The fourth-order valence-electron chi connectivity index (χ4n) is 3.63. The number of carboxylic acid groups (broad SMARTS) is 1. The van der Waals surface area contributed by atoms with Crippen LogP contribution in [0.25, 0.3) is 0 Å². The van der Waals surface area contributed by atoms with Crippen molar-refractivity contribution in [3.63, 3.8) is 0 Å². The molecule has 0 saturated carbocycles. The highest BCUT2D eigenvalue weighted by Gasteiger charge is 2.32. The number of rotatable bonds is 20. The molecule has 188 valence electrons. The van der Waals surface area contributed by atoms with Gasteiger partial charge in [0, 0.05) is 6.42 Å². The quantitative estimate of drug-likeness (QED) is 0.178. The number of aliphatic carboxylic acids is 1. The van der Waals surface area contributed by atoms with Crippen LogP contribution in [0.5, 0.6) is 0 Å². The van der Waals surface area contributed by atoms with Crippen LogP contribution in [0.2, 0.25) is 0 Å². The lowest BCUT2D eigenvalue weighted by Gasteiger charge is -2.26. The van der Waals surface area contributed by atoms with E-state index in [0.717, 1.165) is 19.3 Å². The molecule has 8 heteroatoms. The molecular formula is C24H46N2O6. The maximum atomic E-state index is 12.5. The van der Waals surface area contributed by atoms with Crippen LogP contribution in [0.3, 0.4) is 0 Å². The first-order valence-electron chi connectivity index (χ1n) is 12.4. The Morgan fingerprint density at radius 3 is 1.66 bits per heavy atom. The summed E-state index contributed by atoms with van der Waals surface area (Å²) in [6.45, 7) is 5.30. The Hall–Kier alpha value is -1.67. The Kier molecular flexibility index (Phi) is 17.9. The molecule has 0 aromatic heterocycles. The second-order valence-corrected chi connectivity index (χ2v) is 8.75. The van der Waals surface area contributed by atoms with Gasteiger partial charge in [0.05, 0.1) is 12.2 Å². The van der Waals surface area contributed by atoms with Gasteiger partial charge in [-0.25, -0.2) is 4.79 Å². The van der Waals surface area contributed by atoms with Crippen molar-refractivity contribution >= 4 is 17.8 Å². The summed E-state index contributed by atoms with van der Waals surface area (Å²) < 4.78 is 0. The van der Waals surface area contributed by atoms with Crippen LogP contribution >= 0.6 is 0 Å². The predicted octanol–water partition coefficient (Wildman–Crippen LogP) is 3.28. The maximum absolute atomic E-state index is 12.5. The summed E-state index contributed by atoms with van der Waals surface area (Å²) in [6.07, 6.45) is 11.5. The van der Waals surface area contributed by atoms with E-state index in [0.29, 0.717) is 12.8 Å². The molecule has 4 unspecified atom stereocenters. The zero-order chi connectivity index (χ0) is 24.4. The summed E-state index contributed by atoms with van der Waals surface area (Å²) in [5, 5.41) is 33.8. The molecule has 0 aromatic carbocycles. The minimum absolute atomic E-state index is 0.248. The Balaban J connectivity index is 4.33. The van der Waals surface area contributed by atoms with Crippen molar-refractivity contribution in [2.45, 2.75) is 135 Å². The first-order chi connectivity index (χ1) is 15.2. The van der Waals surface area contributed by atoms with Gasteiger partial charge in [0.25, 0.3) is 0 Å². The number of hydrogen-bond acceptors (Lipinski definition) is 5. The first kappa shape index (κ1) is 30.3. The van der Waals surface area contributed by atoms with Crippen molar-refractivity contribution in [3.8, 4) is 0 Å². The molecule has 0 heterocycles. The molecule has 0 fully saturated rings. The summed E-state index contributed by atoms with van der Waals surface area (Å²) in [7, 11) is 0. The number of aliphatic hydroxyl groups excluding tert-OH is 2. The van der Waals surface area contributed by atoms with Gasteiger partial charge in [0.2, 0.25) is 11.8 Å². The van der Waals surface area contributed by atoms with E-state index in [1.807, 2.05) is 6.92 Å². The topological polar surface area (TPSA) is 136 Å². The highest BCUT2D eigenvalue weighted by atomic mass is 16.4. The van der Waals surface area contributed by atoms with Crippen LogP contribution < -0.4 is 10.6 Å². The predicted molar refractivity (Wildman–Crippen MR) is 125 cm³/mol. The van der Waals surface area contributed by atoms with Gasteiger partial charge in [-0.2, -0.15) is 0 Å². The largest absolute Gasteiger partial charge is 0.480 e. The van der Waals surface area contributed by atoms with Gasteiger partial charge in [-0.15, -0.1) is 0 Å². The van der Waals surface area contributed by atoms with Gasteiger partial charge in [-0.05, 0) is 19.8 Å². The van der Waals surface area contributed by atoms with Crippen molar-refractivity contribution < 1.29 is 29.7 Å². The lowest BCUT2D eigenvalue weighted by Crippen LogP contribution is -2.58. The van der Waals surface area contributed by atoms with E-state index >= 15 is 0 Å². The number of nitrogens with one attached hydrogen (secondary N) is 2. The number of carboxylic acids is 1. The second kappa shape index (κ2) is 18.9. The minimum atomic E-state index is -1.51. The number of carbonyl (C=O) groups excluding carboxylic acids is 2. The van der Waals surface area contributed by atoms with Gasteiger partial charge in [-0.1, -0.05) is 84.5 Å². The van der Waals surface area contributed by atoms with Crippen molar-refractivity contribution in [2.24, 2.45) is 0 Å². The molecule has 0 aliphatic carbocycles. The lowest BCUT2D eigenvalue weighted by atomic mass is 10.0. The molecular weight excluding hydrogens is 412 g/mol. The van der Waals surface area contributed by atoms with Crippen molar-refractivity contribution in [3.05, 3.63) is 0 Å². The summed E-state index contributed by atoms with van der Waals surface area (Å²) in [5.74, 6) is -2.55. The third kappa shape index (κ3) is 14.4. The summed E-state index contributed by atoms with van der Waals surface area (Å²) in [5.41, 5.74) is 0. The molecule has 5 N–H and O–H groups in total. The van der Waals surface area contributed by atoms with Gasteiger partial charge < -0.3 is 26.0 Å². The van der Waals surface area contributed by atoms with Crippen molar-refractivity contribution in [1.29, 1.82) is 0 Å². The highest BCUT2D eigenvalue weighted by Crippen LogP contribution is 2.12. The van der Waals surface area contributed by atoms with E-state index in [9.17, 15) is 24.6 Å². The number of aliphatic hydroxyl groups is 2. The minimum Gasteiger partial charge on any atom is -0.480 e. The fourth-order valence-corrected chi connectivity index (χ4v) is 3.63. The molecule has 0 aliphatic heterocycles. The first-order valence-corrected chi connectivity index (χ1v) is 12.4. The fraction of sp³-hybridized carbons (Fsp3) is 0.875. The Bertz CT molecular complexity index is 527.